The molecule has 0 N–H and O–H groups in total. The summed E-state index contributed by atoms with van der Waals surface area (Å²) in [7, 11) is 0. The summed E-state index contributed by atoms with van der Waals surface area (Å²) in [6.45, 7) is 20.3. The molecule has 0 atom stereocenters. The zero-order chi connectivity index (χ0) is 56.1. The molecule has 0 saturated heterocycles. The molecule has 402 valence electrons. The summed E-state index contributed by atoms with van der Waals surface area (Å²) in [6, 6.07) is 68.6. The van der Waals surface area contributed by atoms with Gasteiger partial charge in [-0.2, -0.15) is 0 Å². The van der Waals surface area contributed by atoms with Crippen LogP contribution < -0.4 is 4.74 Å². The molecule has 0 spiro atoms. The highest BCUT2D eigenvalue weighted by Crippen LogP contribution is 2.47. The van der Waals surface area contributed by atoms with Crippen molar-refractivity contribution in [2.45, 2.75) is 86.0 Å². The first-order chi connectivity index (χ1) is 39.8. The number of aryl methyl sites for hydroxylation is 1. The number of hydrogen-bond acceptors (Lipinski definition) is 6. The van der Waals surface area contributed by atoms with E-state index in [0.29, 0.717) is 28.2 Å². The second-order valence-corrected chi connectivity index (χ2v) is 23.2. The molecule has 5 aromatic heterocycles. The maximum absolute atomic E-state index is 7.26. The van der Waals surface area contributed by atoms with Gasteiger partial charge in [-0.05, 0) is 166 Å². The van der Waals surface area contributed by atoms with E-state index in [2.05, 4.69) is 234 Å². The van der Waals surface area contributed by atoms with Crippen LogP contribution in [0.3, 0.4) is 0 Å². The summed E-state index contributed by atoms with van der Waals surface area (Å²) in [5.41, 5.74) is 22.2. The summed E-state index contributed by atoms with van der Waals surface area (Å²) in [5.74, 6) is 3.70. The Morgan fingerprint density at radius 1 is 0.378 bits per heavy atom. The van der Waals surface area contributed by atoms with Crippen molar-refractivity contribution < 1.29 is 13.6 Å². The van der Waals surface area contributed by atoms with Crippen LogP contribution in [0.5, 0.6) is 11.5 Å². The van der Waals surface area contributed by atoms with Crippen LogP contribution in [0.4, 0.5) is 0 Å². The third-order valence-corrected chi connectivity index (χ3v) is 16.3. The molecule has 0 saturated carbocycles. The van der Waals surface area contributed by atoms with E-state index in [1.54, 1.807) is 0 Å². The number of para-hydroxylation sites is 4. The van der Waals surface area contributed by atoms with Crippen LogP contribution >= 0.6 is 0 Å². The first-order valence-corrected chi connectivity index (χ1v) is 28.8. The molecular formula is C74H63N5O3. The lowest BCUT2D eigenvalue weighted by Crippen LogP contribution is -2.09. The first kappa shape index (κ1) is 50.7. The van der Waals surface area contributed by atoms with Crippen LogP contribution in [-0.4, -0.2) is 24.1 Å². The summed E-state index contributed by atoms with van der Waals surface area (Å²) in [5, 5.41) is 2.72. The van der Waals surface area contributed by atoms with Gasteiger partial charge in [0.15, 0.2) is 5.58 Å². The van der Waals surface area contributed by atoms with Crippen molar-refractivity contribution in [1.82, 2.24) is 24.1 Å². The van der Waals surface area contributed by atoms with Crippen molar-refractivity contribution in [2.75, 3.05) is 0 Å². The maximum Gasteiger partial charge on any atom is 0.153 e. The molecule has 9 aromatic carbocycles. The number of ether oxygens (including phenoxy) is 1. The number of aromatic nitrogens is 5. The van der Waals surface area contributed by atoms with Crippen LogP contribution in [0.25, 0.3) is 122 Å². The molecule has 0 radical (unpaired) electrons. The van der Waals surface area contributed by atoms with Gasteiger partial charge in [-0.1, -0.05) is 152 Å². The number of hydrogen-bond donors (Lipinski definition) is 0. The molecule has 14 rings (SSSR count). The Balaban J connectivity index is 0.989. The number of nitrogens with zero attached hydrogens (tertiary/aromatic N) is 5. The Bertz CT molecular complexity index is 4740. The predicted molar refractivity (Wildman–Crippen MR) is 337 cm³/mol. The fourth-order valence-corrected chi connectivity index (χ4v) is 12.3. The SMILES string of the molecule is Cc1ccc2oc3cc4oc5c(-c6nc7ccccc7n6-c6c(C(C)C)cc(-c7ccccc7)cc6C(C)C)cc(Oc6cccc(-c7nc8ccccc8n7-c7c(C(C)C)cc(-c8ccccc8)cc7C(C)C)c6)cc5c4cc3c2n1. The van der Waals surface area contributed by atoms with Gasteiger partial charge in [0.1, 0.15) is 45.4 Å². The standard InChI is InChI=1S/C74H63N5O3/c1-42(2)54-34-50(47-21-12-10-13-22-47)35-55(43(3)4)70(54)78-64-29-18-16-27-62(64)76-73(78)49-25-20-26-52(33-49)80-53-38-59-58-40-60-68(81-66-32-31-46(9)75-69(60)66)41-67(58)82-72(59)61(39-53)74-77-63-28-17-19-30-65(63)79(74)71-56(44(5)6)36-51(37-57(71)45(7)8)48-23-14-11-15-24-48/h10-45H,1-9H3. The molecule has 14 aromatic rings. The molecule has 0 fully saturated rings. The van der Waals surface area contributed by atoms with Gasteiger partial charge in [0.05, 0.1) is 39.0 Å². The fraction of sp³-hybridized carbons (Fsp3) is 0.176. The lowest BCUT2D eigenvalue weighted by molar-refractivity contribution is 0.483. The van der Waals surface area contributed by atoms with Crippen LogP contribution in [0.1, 0.15) is 107 Å². The minimum Gasteiger partial charge on any atom is -0.457 e. The van der Waals surface area contributed by atoms with Gasteiger partial charge in [0, 0.05) is 33.5 Å². The monoisotopic (exact) mass is 1070 g/mol. The second-order valence-electron chi connectivity index (χ2n) is 23.2. The minimum atomic E-state index is 0.177. The quantitative estimate of drug-likeness (QED) is 0.121. The van der Waals surface area contributed by atoms with Crippen LogP contribution in [0.15, 0.2) is 203 Å². The lowest BCUT2D eigenvalue weighted by atomic mass is 9.88. The average Bonchev–Trinajstić information content (AvgIpc) is 2.46. The molecule has 0 aliphatic rings. The number of benzene rings is 9. The molecular weight excluding hydrogens is 1010 g/mol. The zero-order valence-corrected chi connectivity index (χ0v) is 47.7. The summed E-state index contributed by atoms with van der Waals surface area (Å²) in [4.78, 5) is 16.0. The highest BCUT2D eigenvalue weighted by molar-refractivity contribution is 6.16. The Morgan fingerprint density at radius 2 is 0.890 bits per heavy atom. The van der Waals surface area contributed by atoms with Crippen molar-refractivity contribution in [3.05, 3.63) is 222 Å². The van der Waals surface area contributed by atoms with Crippen LogP contribution in [0.2, 0.25) is 0 Å². The summed E-state index contributed by atoms with van der Waals surface area (Å²) >= 11 is 0. The first-order valence-electron chi connectivity index (χ1n) is 28.8. The molecule has 5 heterocycles. The predicted octanol–water partition coefficient (Wildman–Crippen LogP) is 20.8. The summed E-state index contributed by atoms with van der Waals surface area (Å²) in [6.07, 6.45) is 0. The zero-order valence-electron chi connectivity index (χ0n) is 47.7. The van der Waals surface area contributed by atoms with E-state index in [1.807, 2.05) is 31.2 Å². The van der Waals surface area contributed by atoms with E-state index < -0.39 is 0 Å². The van der Waals surface area contributed by atoms with E-state index in [-0.39, 0.29) is 23.7 Å². The maximum atomic E-state index is 7.26. The topological polar surface area (TPSA) is 84.0 Å². The molecule has 0 unspecified atom stereocenters. The van der Waals surface area contributed by atoms with Gasteiger partial charge in [0.2, 0.25) is 0 Å². The van der Waals surface area contributed by atoms with Crippen LogP contribution in [0, 0.1) is 6.92 Å². The molecule has 0 bridgehead atoms. The highest BCUT2D eigenvalue weighted by atomic mass is 16.5. The molecule has 8 nitrogen and oxygen atoms in total. The lowest BCUT2D eigenvalue weighted by Gasteiger charge is -2.24. The number of fused-ring (bicyclic) bond motifs is 8. The van der Waals surface area contributed by atoms with Gasteiger partial charge in [0.25, 0.3) is 0 Å². The summed E-state index contributed by atoms with van der Waals surface area (Å²) < 4.78 is 25.6. The Kier molecular flexibility index (Phi) is 12.3. The number of furan rings is 2. The molecule has 0 amide bonds. The second kappa shape index (κ2) is 19.9. The van der Waals surface area contributed by atoms with Crippen molar-refractivity contribution >= 4 is 66.1 Å². The van der Waals surface area contributed by atoms with Gasteiger partial charge in [-0.15, -0.1) is 0 Å². The molecule has 8 heteroatoms. The van der Waals surface area contributed by atoms with Crippen molar-refractivity contribution in [1.29, 1.82) is 0 Å². The largest absolute Gasteiger partial charge is 0.457 e. The van der Waals surface area contributed by atoms with E-state index in [1.165, 1.54) is 50.2 Å². The van der Waals surface area contributed by atoms with E-state index >= 15 is 0 Å². The van der Waals surface area contributed by atoms with E-state index in [0.717, 1.165) is 83.5 Å². The number of pyridine rings is 1. The van der Waals surface area contributed by atoms with Crippen molar-refractivity contribution in [3.8, 4) is 67.9 Å². The van der Waals surface area contributed by atoms with E-state index in [9.17, 15) is 0 Å². The fourth-order valence-electron chi connectivity index (χ4n) is 12.3. The van der Waals surface area contributed by atoms with Crippen molar-refractivity contribution in [2.24, 2.45) is 0 Å². The Hall–Kier alpha value is -9.53. The van der Waals surface area contributed by atoms with Gasteiger partial charge >= 0.3 is 0 Å². The van der Waals surface area contributed by atoms with Gasteiger partial charge < -0.3 is 13.6 Å². The molecule has 82 heavy (non-hydrogen) atoms. The van der Waals surface area contributed by atoms with E-state index in [4.69, 9.17) is 28.5 Å². The Morgan fingerprint density at radius 3 is 1.46 bits per heavy atom. The average molecular weight is 1070 g/mol. The third kappa shape index (κ3) is 8.55. The van der Waals surface area contributed by atoms with Gasteiger partial charge in [-0.25, -0.2) is 15.0 Å². The van der Waals surface area contributed by atoms with Crippen molar-refractivity contribution in [3.63, 3.8) is 0 Å². The number of rotatable bonds is 12. The van der Waals surface area contributed by atoms with Gasteiger partial charge in [-0.3, -0.25) is 9.13 Å². The Labute approximate surface area is 477 Å². The normalized spacial score (nSPS) is 12.2. The molecule has 0 aliphatic carbocycles. The number of imidazole rings is 2. The molecule has 0 aliphatic heterocycles. The minimum absolute atomic E-state index is 0.177. The van der Waals surface area contributed by atoms with Crippen LogP contribution in [-0.2, 0) is 0 Å². The highest BCUT2D eigenvalue weighted by Gasteiger charge is 2.29. The third-order valence-electron chi connectivity index (χ3n) is 16.3. The smallest absolute Gasteiger partial charge is 0.153 e.